The molecule has 0 aromatic heterocycles. The van der Waals surface area contributed by atoms with Crippen molar-refractivity contribution < 1.29 is 14.3 Å². The molecule has 0 spiro atoms. The molecular weight excluding hydrogens is 266 g/mol. The van der Waals surface area contributed by atoms with E-state index in [1.165, 1.54) is 0 Å². The quantitative estimate of drug-likeness (QED) is 0.581. The summed E-state index contributed by atoms with van der Waals surface area (Å²) >= 11 is 0. The van der Waals surface area contributed by atoms with Crippen molar-refractivity contribution in [1.29, 1.82) is 0 Å². The van der Waals surface area contributed by atoms with Crippen molar-refractivity contribution in [2.45, 2.75) is 39.5 Å². The largest absolute Gasteiger partial charge is 0.385 e. The Balaban J connectivity index is 2.51. The molecule has 1 fully saturated rings. The van der Waals surface area contributed by atoms with Crippen LogP contribution in [0.5, 0.6) is 0 Å². The molecule has 21 heavy (non-hydrogen) atoms. The van der Waals surface area contributed by atoms with E-state index in [-0.39, 0.29) is 5.92 Å². The predicted octanol–water partition coefficient (Wildman–Crippen LogP) is 2.61. The summed E-state index contributed by atoms with van der Waals surface area (Å²) in [6.45, 7) is 8.81. The van der Waals surface area contributed by atoms with E-state index in [4.69, 9.17) is 9.47 Å². The molecule has 1 saturated carbocycles. The molecule has 2 atom stereocenters. The second kappa shape index (κ2) is 10.3. The molecule has 1 rings (SSSR count). The average molecular weight is 299 g/mol. The summed E-state index contributed by atoms with van der Waals surface area (Å²) in [5.41, 5.74) is 0. The van der Waals surface area contributed by atoms with Gasteiger partial charge in [-0.05, 0) is 31.1 Å². The zero-order chi connectivity index (χ0) is 15.7. The number of nitrogens with zero attached hydrogens (tertiary/aromatic N) is 1. The Hall–Kier alpha value is -0.450. The monoisotopic (exact) mass is 299 g/mol. The van der Waals surface area contributed by atoms with E-state index in [1.807, 2.05) is 0 Å². The van der Waals surface area contributed by atoms with Gasteiger partial charge in [0.25, 0.3) is 0 Å². The lowest BCUT2D eigenvalue weighted by Gasteiger charge is -2.34. The van der Waals surface area contributed by atoms with Crippen molar-refractivity contribution in [2.75, 3.05) is 47.1 Å². The lowest BCUT2D eigenvalue weighted by molar-refractivity contribution is -0.126. The van der Waals surface area contributed by atoms with Gasteiger partial charge in [-0.3, -0.25) is 4.79 Å². The maximum Gasteiger partial charge on any atom is 0.137 e. The van der Waals surface area contributed by atoms with E-state index in [1.54, 1.807) is 14.2 Å². The van der Waals surface area contributed by atoms with Crippen LogP contribution in [0.1, 0.15) is 39.5 Å². The maximum absolute atomic E-state index is 12.2. The van der Waals surface area contributed by atoms with Gasteiger partial charge in [-0.2, -0.15) is 0 Å². The van der Waals surface area contributed by atoms with Gasteiger partial charge in [0.1, 0.15) is 5.78 Å². The van der Waals surface area contributed by atoms with Crippen LogP contribution >= 0.6 is 0 Å². The molecule has 124 valence electrons. The van der Waals surface area contributed by atoms with Gasteiger partial charge in [-0.25, -0.2) is 0 Å². The van der Waals surface area contributed by atoms with Crippen molar-refractivity contribution in [2.24, 2.45) is 17.8 Å². The molecule has 4 heteroatoms. The minimum Gasteiger partial charge on any atom is -0.385 e. The van der Waals surface area contributed by atoms with Gasteiger partial charge in [-0.1, -0.05) is 13.8 Å². The molecule has 1 aliphatic carbocycles. The second-order valence-electron chi connectivity index (χ2n) is 6.58. The first-order chi connectivity index (χ1) is 10.1. The van der Waals surface area contributed by atoms with Gasteiger partial charge in [0.15, 0.2) is 0 Å². The number of ketones is 1. The van der Waals surface area contributed by atoms with Gasteiger partial charge in [-0.15, -0.1) is 0 Å². The van der Waals surface area contributed by atoms with Crippen LogP contribution in [-0.2, 0) is 14.3 Å². The Morgan fingerprint density at radius 3 is 2.52 bits per heavy atom. The molecule has 0 amide bonds. The Kier molecular flexibility index (Phi) is 9.13. The predicted molar refractivity (Wildman–Crippen MR) is 85.5 cm³/mol. The Morgan fingerprint density at radius 1 is 1.19 bits per heavy atom. The number of methoxy groups -OCH3 is 2. The highest BCUT2D eigenvalue weighted by atomic mass is 16.5. The summed E-state index contributed by atoms with van der Waals surface area (Å²) in [5.74, 6) is 2.06. The van der Waals surface area contributed by atoms with Crippen LogP contribution in [0.25, 0.3) is 0 Å². The molecular formula is C17H33NO3. The standard InChI is InChI=1S/C17H33NO3/c1-14(2)15-6-7-17(19)16(12-15)13-18(9-11-21-4)8-5-10-20-3/h14-16H,5-13H2,1-4H3. The van der Waals surface area contributed by atoms with Crippen LogP contribution < -0.4 is 0 Å². The van der Waals surface area contributed by atoms with Gasteiger partial charge >= 0.3 is 0 Å². The Labute approximate surface area is 130 Å². The summed E-state index contributed by atoms with van der Waals surface area (Å²) in [4.78, 5) is 14.6. The van der Waals surface area contributed by atoms with E-state index in [0.717, 1.165) is 58.5 Å². The zero-order valence-electron chi connectivity index (χ0n) is 14.3. The van der Waals surface area contributed by atoms with Crippen molar-refractivity contribution in [3.63, 3.8) is 0 Å². The van der Waals surface area contributed by atoms with Crippen LogP contribution in [0.2, 0.25) is 0 Å². The number of rotatable bonds is 10. The normalized spacial score (nSPS) is 23.2. The first-order valence-corrected chi connectivity index (χ1v) is 8.31. The Bertz CT molecular complexity index is 294. The summed E-state index contributed by atoms with van der Waals surface area (Å²) in [7, 11) is 3.46. The van der Waals surface area contributed by atoms with E-state index in [0.29, 0.717) is 17.6 Å². The van der Waals surface area contributed by atoms with Crippen LogP contribution in [0.4, 0.5) is 0 Å². The lowest BCUT2D eigenvalue weighted by Crippen LogP contribution is -2.39. The van der Waals surface area contributed by atoms with Crippen LogP contribution in [0, 0.1) is 17.8 Å². The first-order valence-electron chi connectivity index (χ1n) is 8.31. The number of ether oxygens (including phenoxy) is 2. The SMILES string of the molecule is COCCCN(CCOC)CC1CC(C(C)C)CCC1=O. The molecule has 0 N–H and O–H groups in total. The van der Waals surface area contributed by atoms with Gasteiger partial charge < -0.3 is 14.4 Å². The number of hydrogen-bond donors (Lipinski definition) is 0. The molecule has 2 unspecified atom stereocenters. The molecule has 0 saturated heterocycles. The Morgan fingerprint density at radius 2 is 1.90 bits per heavy atom. The van der Waals surface area contributed by atoms with Gasteiger partial charge in [0.05, 0.1) is 6.61 Å². The van der Waals surface area contributed by atoms with E-state index < -0.39 is 0 Å². The zero-order valence-corrected chi connectivity index (χ0v) is 14.3. The third-order valence-electron chi connectivity index (χ3n) is 4.66. The smallest absolute Gasteiger partial charge is 0.137 e. The number of hydrogen-bond acceptors (Lipinski definition) is 4. The van der Waals surface area contributed by atoms with Crippen LogP contribution in [0.15, 0.2) is 0 Å². The molecule has 0 heterocycles. The highest BCUT2D eigenvalue weighted by Gasteiger charge is 2.31. The highest BCUT2D eigenvalue weighted by Crippen LogP contribution is 2.32. The molecule has 0 bridgehead atoms. The topological polar surface area (TPSA) is 38.8 Å². The van der Waals surface area contributed by atoms with E-state index in [2.05, 4.69) is 18.7 Å². The van der Waals surface area contributed by atoms with E-state index >= 15 is 0 Å². The van der Waals surface area contributed by atoms with E-state index in [9.17, 15) is 4.79 Å². The fraction of sp³-hybridized carbons (Fsp3) is 0.941. The summed E-state index contributed by atoms with van der Waals surface area (Å²) in [6.07, 6.45) is 3.91. The number of carbonyl (C=O) groups is 1. The molecule has 0 radical (unpaired) electrons. The lowest BCUT2D eigenvalue weighted by atomic mass is 9.75. The number of Topliss-reactive ketones (excluding diaryl/α,β-unsaturated/α-hetero) is 1. The van der Waals surface area contributed by atoms with Crippen LogP contribution in [0.3, 0.4) is 0 Å². The third-order valence-corrected chi connectivity index (χ3v) is 4.66. The average Bonchev–Trinajstić information content (AvgIpc) is 2.46. The van der Waals surface area contributed by atoms with Crippen molar-refractivity contribution >= 4 is 5.78 Å². The molecule has 0 aromatic rings. The second-order valence-corrected chi connectivity index (χ2v) is 6.58. The summed E-state index contributed by atoms with van der Waals surface area (Å²) in [6, 6.07) is 0. The highest BCUT2D eigenvalue weighted by molar-refractivity contribution is 5.82. The fourth-order valence-corrected chi connectivity index (χ4v) is 3.19. The fourth-order valence-electron chi connectivity index (χ4n) is 3.19. The van der Waals surface area contributed by atoms with Gasteiger partial charge in [0.2, 0.25) is 0 Å². The first kappa shape index (κ1) is 18.6. The maximum atomic E-state index is 12.2. The van der Waals surface area contributed by atoms with Crippen molar-refractivity contribution in [3.8, 4) is 0 Å². The molecule has 1 aliphatic rings. The molecule has 0 aliphatic heterocycles. The summed E-state index contributed by atoms with van der Waals surface area (Å²) in [5, 5.41) is 0. The third kappa shape index (κ3) is 6.90. The van der Waals surface area contributed by atoms with Crippen LogP contribution in [-0.4, -0.2) is 57.8 Å². The summed E-state index contributed by atoms with van der Waals surface area (Å²) < 4.78 is 10.3. The van der Waals surface area contributed by atoms with Crippen molar-refractivity contribution in [3.05, 3.63) is 0 Å². The minimum atomic E-state index is 0.213. The van der Waals surface area contributed by atoms with Crippen molar-refractivity contribution in [1.82, 2.24) is 4.90 Å². The molecule has 0 aromatic carbocycles. The number of carbonyl (C=O) groups excluding carboxylic acids is 1. The van der Waals surface area contributed by atoms with Gasteiger partial charge in [0, 0.05) is 52.8 Å². The molecule has 4 nitrogen and oxygen atoms in total. The minimum absolute atomic E-state index is 0.213.